The van der Waals surface area contributed by atoms with Gasteiger partial charge in [-0.3, -0.25) is 19.1 Å². The standard InChI is InChI=1S/C31H32N4O7S2/c1-30(2,3)16-17-31(33-29(38)19-10-6-5-7-11-19)22-13-9-8-12-21(22)26(36)25(27(31)37)28-32-23-15-14-20(34-43(4,39)40)18-24(23)44(41,42)35-28/h5-15,18,25,34H,16-17H2,1-4H3,(H,32,35)(H,33,38). The van der Waals surface area contributed by atoms with E-state index in [9.17, 15) is 31.2 Å². The van der Waals surface area contributed by atoms with Crippen LogP contribution in [0.3, 0.4) is 0 Å². The van der Waals surface area contributed by atoms with Crippen molar-refractivity contribution >= 4 is 54.7 Å². The van der Waals surface area contributed by atoms with Crippen LogP contribution in [0.25, 0.3) is 0 Å². The van der Waals surface area contributed by atoms with Gasteiger partial charge in [-0.05, 0) is 54.2 Å². The maximum absolute atomic E-state index is 14.7. The molecule has 0 spiro atoms. The molecule has 1 amide bonds. The molecule has 3 aromatic carbocycles. The fourth-order valence-electron chi connectivity index (χ4n) is 5.42. The number of anilines is 2. The second-order valence-corrected chi connectivity index (χ2v) is 15.5. The number of nitrogens with zero attached hydrogens (tertiary/aromatic N) is 1. The zero-order valence-corrected chi connectivity index (χ0v) is 26.2. The number of carbonyl (C=O) groups excluding carboxylic acids is 3. The Hall–Kier alpha value is -4.36. The van der Waals surface area contributed by atoms with Crippen molar-refractivity contribution in [2.45, 2.75) is 44.0 Å². The minimum atomic E-state index is -4.48. The molecular weight excluding hydrogens is 604 g/mol. The number of nitrogens with one attached hydrogen (secondary N) is 3. The predicted octanol–water partition coefficient (Wildman–Crippen LogP) is 4.10. The summed E-state index contributed by atoms with van der Waals surface area (Å²) >= 11 is 0. The molecule has 0 radical (unpaired) electrons. The Morgan fingerprint density at radius 1 is 1.00 bits per heavy atom. The topological polar surface area (TPSA) is 168 Å². The van der Waals surface area contributed by atoms with Crippen molar-refractivity contribution < 1.29 is 31.2 Å². The highest BCUT2D eigenvalue weighted by Gasteiger charge is 2.55. The number of amides is 1. The van der Waals surface area contributed by atoms with Crippen molar-refractivity contribution in [3.8, 4) is 0 Å². The molecule has 1 aliphatic carbocycles. The van der Waals surface area contributed by atoms with Crippen molar-refractivity contribution in [3.05, 3.63) is 89.5 Å². The number of hydrogen-bond acceptors (Lipinski definition) is 8. The van der Waals surface area contributed by atoms with Gasteiger partial charge in [0.15, 0.2) is 11.6 Å². The van der Waals surface area contributed by atoms with Crippen LogP contribution < -0.4 is 15.4 Å². The van der Waals surface area contributed by atoms with E-state index in [1.165, 1.54) is 12.1 Å². The molecule has 0 bridgehead atoms. The van der Waals surface area contributed by atoms with Crippen LogP contribution in [0.15, 0.2) is 82.1 Å². The maximum atomic E-state index is 14.7. The quantitative estimate of drug-likeness (QED) is 0.326. The largest absolute Gasteiger partial charge is 0.341 e. The third-order valence-electron chi connectivity index (χ3n) is 7.53. The highest BCUT2D eigenvalue weighted by Crippen LogP contribution is 2.43. The van der Waals surface area contributed by atoms with Gasteiger partial charge in [0.25, 0.3) is 15.9 Å². The van der Waals surface area contributed by atoms with Crippen LogP contribution in [-0.4, -0.2) is 46.4 Å². The van der Waals surface area contributed by atoms with Gasteiger partial charge in [-0.15, -0.1) is 4.40 Å². The van der Waals surface area contributed by atoms with Gasteiger partial charge in [0.2, 0.25) is 10.0 Å². The van der Waals surface area contributed by atoms with E-state index in [1.807, 2.05) is 20.8 Å². The summed E-state index contributed by atoms with van der Waals surface area (Å²) < 4.78 is 56.2. The Kier molecular flexibility index (Phi) is 7.75. The molecule has 2 aliphatic rings. The molecule has 3 aromatic rings. The van der Waals surface area contributed by atoms with E-state index in [0.717, 1.165) is 12.3 Å². The first-order chi connectivity index (χ1) is 20.5. The molecule has 3 N–H and O–H groups in total. The molecule has 11 nitrogen and oxygen atoms in total. The zero-order chi connectivity index (χ0) is 32.1. The molecule has 2 unspecified atom stereocenters. The second kappa shape index (κ2) is 11.0. The summed E-state index contributed by atoms with van der Waals surface area (Å²) in [6, 6.07) is 18.6. The van der Waals surface area contributed by atoms with E-state index >= 15 is 0 Å². The van der Waals surface area contributed by atoms with Gasteiger partial charge in [0.1, 0.15) is 22.2 Å². The predicted molar refractivity (Wildman–Crippen MR) is 167 cm³/mol. The maximum Gasteiger partial charge on any atom is 0.286 e. The van der Waals surface area contributed by atoms with Gasteiger partial charge in [-0.2, -0.15) is 8.42 Å². The lowest BCUT2D eigenvalue weighted by Crippen LogP contribution is -2.60. The van der Waals surface area contributed by atoms with Crippen LogP contribution in [0.1, 0.15) is 59.9 Å². The summed E-state index contributed by atoms with van der Waals surface area (Å²) in [5.41, 5.74) is -1.13. The summed E-state index contributed by atoms with van der Waals surface area (Å²) in [6.45, 7) is 5.97. The van der Waals surface area contributed by atoms with Gasteiger partial charge in [0.05, 0.1) is 11.9 Å². The highest BCUT2D eigenvalue weighted by atomic mass is 32.2. The summed E-state index contributed by atoms with van der Waals surface area (Å²) in [4.78, 5) is 42.0. The Morgan fingerprint density at radius 3 is 2.32 bits per heavy atom. The number of amidine groups is 1. The summed E-state index contributed by atoms with van der Waals surface area (Å²) in [5, 5.41) is 5.79. The van der Waals surface area contributed by atoms with Gasteiger partial charge < -0.3 is 10.6 Å². The number of rotatable bonds is 7. The molecule has 1 heterocycles. The van der Waals surface area contributed by atoms with E-state index in [2.05, 4.69) is 19.8 Å². The molecule has 0 saturated heterocycles. The van der Waals surface area contributed by atoms with E-state index in [1.54, 1.807) is 54.6 Å². The minimum Gasteiger partial charge on any atom is -0.341 e. The SMILES string of the molecule is CC(C)(C)CCC1(NC(=O)c2ccccc2)C(=O)C(C2=NS(=O)(=O)c3cc(NS(C)(=O)=O)ccc3N2)C(=O)c2ccccc21. The zero-order valence-electron chi connectivity index (χ0n) is 24.5. The summed E-state index contributed by atoms with van der Waals surface area (Å²) in [5.74, 6) is -3.99. The minimum absolute atomic E-state index is 0.00107. The number of fused-ring (bicyclic) bond motifs is 2. The number of carbonyl (C=O) groups is 3. The van der Waals surface area contributed by atoms with Gasteiger partial charge in [0, 0.05) is 16.8 Å². The normalized spacial score (nSPS) is 20.9. The Balaban J connectivity index is 1.65. The average molecular weight is 637 g/mol. The third-order valence-corrected chi connectivity index (χ3v) is 9.46. The van der Waals surface area contributed by atoms with Gasteiger partial charge >= 0.3 is 0 Å². The molecule has 230 valence electrons. The Morgan fingerprint density at radius 2 is 1.66 bits per heavy atom. The van der Waals surface area contributed by atoms with E-state index in [-0.39, 0.29) is 33.7 Å². The molecule has 44 heavy (non-hydrogen) atoms. The lowest BCUT2D eigenvalue weighted by Gasteiger charge is -2.42. The third kappa shape index (κ3) is 6.02. The molecule has 5 rings (SSSR count). The number of benzene rings is 3. The molecule has 0 aromatic heterocycles. The highest BCUT2D eigenvalue weighted by molar-refractivity contribution is 7.92. The van der Waals surface area contributed by atoms with Crippen molar-refractivity contribution in [3.63, 3.8) is 0 Å². The molecule has 13 heteroatoms. The van der Waals surface area contributed by atoms with Crippen LogP contribution in [-0.2, 0) is 30.4 Å². The monoisotopic (exact) mass is 636 g/mol. The number of hydrogen-bond donors (Lipinski definition) is 3. The van der Waals surface area contributed by atoms with Crippen LogP contribution in [0.5, 0.6) is 0 Å². The molecule has 1 aliphatic heterocycles. The average Bonchev–Trinajstić information content (AvgIpc) is 2.94. The van der Waals surface area contributed by atoms with Crippen LogP contribution in [0.4, 0.5) is 11.4 Å². The summed E-state index contributed by atoms with van der Waals surface area (Å²) in [6.07, 6.45) is 1.53. The number of sulfonamides is 2. The smallest absolute Gasteiger partial charge is 0.286 e. The van der Waals surface area contributed by atoms with Crippen LogP contribution >= 0.6 is 0 Å². The first-order valence-electron chi connectivity index (χ1n) is 13.8. The van der Waals surface area contributed by atoms with Crippen molar-refractivity contribution in [2.75, 3.05) is 16.3 Å². The van der Waals surface area contributed by atoms with E-state index < -0.39 is 54.8 Å². The summed E-state index contributed by atoms with van der Waals surface area (Å²) in [7, 11) is -8.18. The Labute approximate surface area is 256 Å². The van der Waals surface area contributed by atoms with Gasteiger partial charge in [-0.1, -0.05) is 63.2 Å². The van der Waals surface area contributed by atoms with E-state index in [4.69, 9.17) is 0 Å². The molecule has 2 atom stereocenters. The fraction of sp³-hybridized carbons (Fsp3) is 0.290. The lowest BCUT2D eigenvalue weighted by atomic mass is 9.66. The van der Waals surface area contributed by atoms with Crippen molar-refractivity contribution in [1.29, 1.82) is 0 Å². The van der Waals surface area contributed by atoms with Gasteiger partial charge in [-0.25, -0.2) is 8.42 Å². The second-order valence-electron chi connectivity index (χ2n) is 12.2. The van der Waals surface area contributed by atoms with Crippen LogP contribution in [0.2, 0.25) is 0 Å². The molecular formula is C31H32N4O7S2. The fourth-order valence-corrected chi connectivity index (χ4v) is 7.16. The Bertz CT molecular complexity index is 1930. The number of ketones is 2. The molecule has 0 saturated carbocycles. The van der Waals surface area contributed by atoms with E-state index in [0.29, 0.717) is 17.5 Å². The van der Waals surface area contributed by atoms with Crippen LogP contribution in [0, 0.1) is 11.3 Å². The molecule has 0 fully saturated rings. The number of Topliss-reactive ketones (excluding diaryl/α,β-unsaturated/α-hetero) is 2. The van der Waals surface area contributed by atoms with Crippen molar-refractivity contribution in [1.82, 2.24) is 5.32 Å². The first-order valence-corrected chi connectivity index (χ1v) is 17.1. The first kappa shape index (κ1) is 31.1. The lowest BCUT2D eigenvalue weighted by molar-refractivity contribution is -0.127. The van der Waals surface area contributed by atoms with Crippen molar-refractivity contribution in [2.24, 2.45) is 15.7 Å².